The lowest BCUT2D eigenvalue weighted by molar-refractivity contribution is 0.422. The van der Waals surface area contributed by atoms with Crippen molar-refractivity contribution in [1.29, 1.82) is 5.26 Å². The quantitative estimate of drug-likeness (QED) is 0.372. The van der Waals surface area contributed by atoms with E-state index in [1.165, 1.54) is 6.08 Å². The Morgan fingerprint density at radius 2 is 2.18 bits per heavy atom. The summed E-state index contributed by atoms with van der Waals surface area (Å²) in [4.78, 5) is 0. The van der Waals surface area contributed by atoms with E-state index in [0.29, 0.717) is 11.1 Å². The van der Waals surface area contributed by atoms with Crippen LogP contribution in [-0.4, -0.2) is 5.11 Å². The van der Waals surface area contributed by atoms with E-state index in [1.807, 2.05) is 6.07 Å². The smallest absolute Gasteiger partial charge is 0.114 e. The third kappa shape index (κ3) is 3.27. The van der Waals surface area contributed by atoms with Crippen molar-refractivity contribution in [3.8, 4) is 6.07 Å². The molecule has 0 fully saturated rings. The number of aliphatic hydroxyl groups excluding tert-OH is 1. The minimum Gasteiger partial charge on any atom is -0.508 e. The second-order valence-electron chi connectivity index (χ2n) is 2.14. The maximum atomic E-state index is 9.11. The van der Waals surface area contributed by atoms with Gasteiger partial charge in [0.1, 0.15) is 5.76 Å². The maximum absolute atomic E-state index is 9.11. The van der Waals surface area contributed by atoms with E-state index < -0.39 is 0 Å². The Balaban J connectivity index is 4.50. The van der Waals surface area contributed by atoms with E-state index >= 15 is 0 Å². The predicted octanol–water partition coefficient (Wildman–Crippen LogP) is 2.47. The Kier molecular flexibility index (Phi) is 3.76. The Morgan fingerprint density at radius 3 is 2.55 bits per heavy atom. The molecule has 0 aliphatic rings. The van der Waals surface area contributed by atoms with Gasteiger partial charge in [-0.3, -0.25) is 0 Å². The highest BCUT2D eigenvalue weighted by atomic mass is 16.3. The lowest BCUT2D eigenvalue weighted by Crippen LogP contribution is -1.82. The van der Waals surface area contributed by atoms with Crippen LogP contribution in [0.2, 0.25) is 0 Å². The third-order valence-corrected chi connectivity index (χ3v) is 1.21. The lowest BCUT2D eigenvalue weighted by Gasteiger charge is -1.96. The third-order valence-electron chi connectivity index (χ3n) is 1.21. The molecule has 0 unspecified atom stereocenters. The normalized spacial score (nSPS) is 12.5. The Hall–Kier alpha value is -1.49. The number of rotatable bonds is 2. The fourth-order valence-corrected chi connectivity index (χ4v) is 0.595. The molecule has 2 heteroatoms. The maximum Gasteiger partial charge on any atom is 0.114 e. The zero-order valence-corrected chi connectivity index (χ0v) is 6.76. The molecule has 0 aromatic rings. The van der Waals surface area contributed by atoms with Crippen LogP contribution in [0, 0.1) is 11.3 Å². The number of allylic oxidation sites excluding steroid dienone is 4. The molecule has 0 aromatic carbocycles. The minimum atomic E-state index is 0.182. The van der Waals surface area contributed by atoms with Crippen LogP contribution in [0.15, 0.2) is 35.6 Å². The van der Waals surface area contributed by atoms with Crippen LogP contribution in [0.1, 0.15) is 13.8 Å². The first-order valence-electron chi connectivity index (χ1n) is 3.24. The van der Waals surface area contributed by atoms with Gasteiger partial charge in [0.2, 0.25) is 0 Å². The zero-order chi connectivity index (χ0) is 8.85. The van der Waals surface area contributed by atoms with Crippen LogP contribution in [0.25, 0.3) is 0 Å². The molecule has 2 nitrogen and oxygen atoms in total. The molecule has 1 N–H and O–H groups in total. The van der Waals surface area contributed by atoms with Gasteiger partial charge in [0.25, 0.3) is 0 Å². The molecule has 0 bridgehead atoms. The van der Waals surface area contributed by atoms with Crippen molar-refractivity contribution in [2.24, 2.45) is 0 Å². The number of nitriles is 1. The molecule has 11 heavy (non-hydrogen) atoms. The standard InChI is InChI=1S/C9H11NO/c1-4-9(11)8(3)5-7(2)6-10/h4-5,11H,2H2,1,3H3/b8-5-,9-4-. The van der Waals surface area contributed by atoms with Crippen LogP contribution >= 0.6 is 0 Å². The van der Waals surface area contributed by atoms with Crippen molar-refractivity contribution in [1.82, 2.24) is 0 Å². The van der Waals surface area contributed by atoms with Crippen molar-refractivity contribution in [2.45, 2.75) is 13.8 Å². The van der Waals surface area contributed by atoms with Gasteiger partial charge in [0.15, 0.2) is 0 Å². The average molecular weight is 149 g/mol. The minimum absolute atomic E-state index is 0.182. The molecule has 0 rings (SSSR count). The van der Waals surface area contributed by atoms with Gasteiger partial charge in [-0.2, -0.15) is 5.26 Å². The molecule has 0 spiro atoms. The van der Waals surface area contributed by atoms with Gasteiger partial charge in [-0.25, -0.2) is 0 Å². The molecule has 0 heterocycles. The lowest BCUT2D eigenvalue weighted by atomic mass is 10.2. The highest BCUT2D eigenvalue weighted by molar-refractivity contribution is 5.37. The zero-order valence-electron chi connectivity index (χ0n) is 6.76. The van der Waals surface area contributed by atoms with Crippen molar-refractivity contribution in [3.05, 3.63) is 35.6 Å². The number of hydrogen-bond acceptors (Lipinski definition) is 2. The molecule has 0 amide bonds. The van der Waals surface area contributed by atoms with Crippen LogP contribution in [0.3, 0.4) is 0 Å². The molecular formula is C9H11NO. The van der Waals surface area contributed by atoms with Crippen LogP contribution < -0.4 is 0 Å². The van der Waals surface area contributed by atoms with E-state index in [0.717, 1.165) is 0 Å². The van der Waals surface area contributed by atoms with Gasteiger partial charge in [-0.05, 0) is 31.6 Å². The first kappa shape index (κ1) is 9.51. The molecule has 0 aliphatic carbocycles. The van der Waals surface area contributed by atoms with Crippen molar-refractivity contribution in [3.63, 3.8) is 0 Å². The summed E-state index contributed by atoms with van der Waals surface area (Å²) in [6.07, 6.45) is 3.10. The van der Waals surface area contributed by atoms with Gasteiger partial charge < -0.3 is 5.11 Å². The SMILES string of the molecule is C=C(C#N)/C=C(C)\C(O)=C\C. The number of hydrogen-bond donors (Lipinski definition) is 1. The van der Waals surface area contributed by atoms with Gasteiger partial charge >= 0.3 is 0 Å². The fraction of sp³-hybridized carbons (Fsp3) is 0.222. The topological polar surface area (TPSA) is 44.0 Å². The first-order valence-corrected chi connectivity index (χ1v) is 3.24. The van der Waals surface area contributed by atoms with Crippen LogP contribution in [0.5, 0.6) is 0 Å². The van der Waals surface area contributed by atoms with Crippen molar-refractivity contribution < 1.29 is 5.11 Å². The van der Waals surface area contributed by atoms with Gasteiger partial charge in [0, 0.05) is 5.57 Å². The monoisotopic (exact) mass is 149 g/mol. The van der Waals surface area contributed by atoms with Gasteiger partial charge in [-0.15, -0.1) is 0 Å². The Morgan fingerprint density at radius 1 is 1.64 bits per heavy atom. The summed E-state index contributed by atoms with van der Waals surface area (Å²) in [6.45, 7) is 6.90. The summed E-state index contributed by atoms with van der Waals surface area (Å²) in [5, 5.41) is 17.5. The number of nitrogens with zero attached hydrogens (tertiary/aromatic N) is 1. The highest BCUT2D eigenvalue weighted by Gasteiger charge is 1.94. The summed E-state index contributed by atoms with van der Waals surface area (Å²) in [5.74, 6) is 0.182. The molecule has 0 radical (unpaired) electrons. The Bertz CT molecular complexity index is 253. The second kappa shape index (κ2) is 4.35. The predicted molar refractivity (Wildman–Crippen MR) is 44.9 cm³/mol. The first-order chi connectivity index (χ1) is 5.11. The van der Waals surface area contributed by atoms with Crippen LogP contribution in [-0.2, 0) is 0 Å². The van der Waals surface area contributed by atoms with Crippen LogP contribution in [0.4, 0.5) is 0 Å². The molecule has 0 saturated carbocycles. The summed E-state index contributed by atoms with van der Waals surface area (Å²) in [7, 11) is 0. The summed E-state index contributed by atoms with van der Waals surface area (Å²) >= 11 is 0. The van der Waals surface area contributed by atoms with E-state index in [-0.39, 0.29) is 5.76 Å². The molecule has 0 atom stereocenters. The van der Waals surface area contributed by atoms with E-state index in [2.05, 4.69) is 6.58 Å². The molecule has 0 aliphatic heterocycles. The van der Waals surface area contributed by atoms with E-state index in [9.17, 15) is 0 Å². The second-order valence-corrected chi connectivity index (χ2v) is 2.14. The summed E-state index contributed by atoms with van der Waals surface area (Å²) < 4.78 is 0. The average Bonchev–Trinajstić information content (AvgIpc) is 2.02. The van der Waals surface area contributed by atoms with Crippen molar-refractivity contribution >= 4 is 0 Å². The molecule has 58 valence electrons. The number of aliphatic hydroxyl groups is 1. The molecular weight excluding hydrogens is 138 g/mol. The van der Waals surface area contributed by atoms with E-state index in [4.69, 9.17) is 10.4 Å². The fourth-order valence-electron chi connectivity index (χ4n) is 0.595. The van der Waals surface area contributed by atoms with Crippen molar-refractivity contribution in [2.75, 3.05) is 0 Å². The molecule has 0 aromatic heterocycles. The van der Waals surface area contributed by atoms with Gasteiger partial charge in [-0.1, -0.05) is 6.58 Å². The largest absolute Gasteiger partial charge is 0.508 e. The molecule has 0 saturated heterocycles. The summed E-state index contributed by atoms with van der Waals surface area (Å²) in [6, 6.07) is 1.87. The highest BCUT2D eigenvalue weighted by Crippen LogP contribution is 2.07. The van der Waals surface area contributed by atoms with E-state index in [1.54, 1.807) is 19.9 Å². The van der Waals surface area contributed by atoms with Gasteiger partial charge in [0.05, 0.1) is 6.07 Å². The Labute approximate surface area is 66.8 Å². The summed E-state index contributed by atoms with van der Waals surface area (Å²) in [5.41, 5.74) is 0.995.